The molecule has 1 unspecified atom stereocenters. The van der Waals surface area contributed by atoms with Crippen LogP contribution in [0.5, 0.6) is 17.2 Å². The number of para-hydroxylation sites is 2. The quantitative estimate of drug-likeness (QED) is 0.454. The Hall–Kier alpha value is -3.71. The van der Waals surface area contributed by atoms with Gasteiger partial charge in [0.1, 0.15) is 18.1 Å². The van der Waals surface area contributed by atoms with Crippen molar-refractivity contribution in [2.24, 2.45) is 0 Å². The van der Waals surface area contributed by atoms with Gasteiger partial charge in [-0.2, -0.15) is 0 Å². The smallest absolute Gasteiger partial charge is 0.248 e. The standard InChI is InChI=1S/C26H25FN2O4/c27-22-16-19(10-12-24(22)33-20-7-5-14-28-17-20)11-13-26(30)29-23-8-1-2-9-25(23)32-18-21-6-3-4-15-31-21/h1-2,5,7-14,16-17,21H,3-4,6,15,18H2,(H,29,30)/b13-11+. The molecule has 6 nitrogen and oxygen atoms in total. The van der Waals surface area contributed by atoms with Crippen LogP contribution in [0, 0.1) is 5.82 Å². The van der Waals surface area contributed by atoms with E-state index in [4.69, 9.17) is 14.2 Å². The Labute approximate surface area is 192 Å². The molecule has 7 heteroatoms. The molecule has 2 heterocycles. The monoisotopic (exact) mass is 448 g/mol. The van der Waals surface area contributed by atoms with E-state index in [1.54, 1.807) is 36.5 Å². The maximum atomic E-state index is 14.4. The lowest BCUT2D eigenvalue weighted by atomic mass is 10.1. The van der Waals surface area contributed by atoms with E-state index in [0.29, 0.717) is 29.4 Å². The maximum absolute atomic E-state index is 14.4. The van der Waals surface area contributed by atoms with Crippen LogP contribution in [0.3, 0.4) is 0 Å². The average molecular weight is 448 g/mol. The van der Waals surface area contributed by atoms with E-state index in [9.17, 15) is 9.18 Å². The molecule has 0 aliphatic carbocycles. The molecule has 0 radical (unpaired) electrons. The van der Waals surface area contributed by atoms with E-state index in [2.05, 4.69) is 10.3 Å². The van der Waals surface area contributed by atoms with Gasteiger partial charge in [0.2, 0.25) is 5.91 Å². The molecule has 1 aliphatic rings. The summed E-state index contributed by atoms with van der Waals surface area (Å²) >= 11 is 0. The molecule has 1 saturated heterocycles. The van der Waals surface area contributed by atoms with E-state index in [-0.39, 0.29) is 17.8 Å². The van der Waals surface area contributed by atoms with Gasteiger partial charge < -0.3 is 19.5 Å². The predicted octanol–water partition coefficient (Wildman–Crippen LogP) is 5.61. The van der Waals surface area contributed by atoms with Gasteiger partial charge in [-0.05, 0) is 67.3 Å². The molecule has 170 valence electrons. The van der Waals surface area contributed by atoms with Crippen molar-refractivity contribution in [3.63, 3.8) is 0 Å². The molecule has 0 spiro atoms. The van der Waals surface area contributed by atoms with E-state index in [0.717, 1.165) is 25.9 Å². The van der Waals surface area contributed by atoms with Gasteiger partial charge in [0.05, 0.1) is 18.0 Å². The minimum Gasteiger partial charge on any atom is -0.489 e. The van der Waals surface area contributed by atoms with Crippen LogP contribution in [0.1, 0.15) is 24.8 Å². The zero-order valence-corrected chi connectivity index (χ0v) is 18.1. The number of carbonyl (C=O) groups excluding carboxylic acids is 1. The fraction of sp³-hybridized carbons (Fsp3) is 0.231. The Kier molecular flexibility index (Phi) is 7.66. The van der Waals surface area contributed by atoms with Crippen LogP contribution in [-0.4, -0.2) is 30.2 Å². The fourth-order valence-electron chi connectivity index (χ4n) is 3.40. The highest BCUT2D eigenvalue weighted by atomic mass is 19.1. The van der Waals surface area contributed by atoms with Crippen LogP contribution in [0.25, 0.3) is 6.08 Å². The third kappa shape index (κ3) is 6.63. The average Bonchev–Trinajstić information content (AvgIpc) is 2.85. The van der Waals surface area contributed by atoms with E-state index >= 15 is 0 Å². The molecule has 1 fully saturated rings. The van der Waals surface area contributed by atoms with Crippen LogP contribution in [0.4, 0.5) is 10.1 Å². The van der Waals surface area contributed by atoms with Crippen LogP contribution in [0.2, 0.25) is 0 Å². The van der Waals surface area contributed by atoms with Gasteiger partial charge in [-0.25, -0.2) is 4.39 Å². The largest absolute Gasteiger partial charge is 0.489 e. The maximum Gasteiger partial charge on any atom is 0.248 e. The number of anilines is 1. The van der Waals surface area contributed by atoms with Crippen LogP contribution < -0.4 is 14.8 Å². The van der Waals surface area contributed by atoms with Gasteiger partial charge in [-0.15, -0.1) is 0 Å². The number of nitrogens with one attached hydrogen (secondary N) is 1. The molecule has 1 amide bonds. The van der Waals surface area contributed by atoms with Crippen molar-refractivity contribution in [2.75, 3.05) is 18.5 Å². The van der Waals surface area contributed by atoms with Crippen molar-refractivity contribution in [3.8, 4) is 17.2 Å². The summed E-state index contributed by atoms with van der Waals surface area (Å²) < 4.78 is 31.5. The third-order valence-corrected chi connectivity index (χ3v) is 5.09. The summed E-state index contributed by atoms with van der Waals surface area (Å²) in [5.74, 6) is 0.213. The minimum absolute atomic E-state index is 0.0717. The Bertz CT molecular complexity index is 1100. The zero-order chi connectivity index (χ0) is 22.9. The first-order chi connectivity index (χ1) is 16.2. The molecular formula is C26H25FN2O4. The third-order valence-electron chi connectivity index (χ3n) is 5.09. The summed E-state index contributed by atoms with van der Waals surface area (Å²) in [4.78, 5) is 16.4. The second-order valence-electron chi connectivity index (χ2n) is 7.60. The molecule has 0 bridgehead atoms. The summed E-state index contributed by atoms with van der Waals surface area (Å²) in [7, 11) is 0. The molecule has 2 aromatic carbocycles. The Morgan fingerprint density at radius 1 is 1.15 bits per heavy atom. The van der Waals surface area contributed by atoms with Gasteiger partial charge >= 0.3 is 0 Å². The summed E-state index contributed by atoms with van der Waals surface area (Å²) in [5, 5.41) is 2.81. The molecule has 1 aliphatic heterocycles. The number of pyridine rings is 1. The minimum atomic E-state index is -0.537. The Morgan fingerprint density at radius 2 is 2.06 bits per heavy atom. The second kappa shape index (κ2) is 11.2. The number of carbonyl (C=O) groups is 1. The summed E-state index contributed by atoms with van der Waals surface area (Å²) in [6, 6.07) is 15.1. The number of amides is 1. The highest BCUT2D eigenvalue weighted by Gasteiger charge is 2.15. The van der Waals surface area contributed by atoms with Crippen molar-refractivity contribution < 1.29 is 23.4 Å². The first-order valence-corrected chi connectivity index (χ1v) is 10.9. The fourth-order valence-corrected chi connectivity index (χ4v) is 3.40. The van der Waals surface area contributed by atoms with Crippen LogP contribution in [-0.2, 0) is 9.53 Å². The zero-order valence-electron chi connectivity index (χ0n) is 18.1. The predicted molar refractivity (Wildman–Crippen MR) is 124 cm³/mol. The topological polar surface area (TPSA) is 69.7 Å². The normalized spacial score (nSPS) is 15.8. The highest BCUT2D eigenvalue weighted by Crippen LogP contribution is 2.26. The first kappa shape index (κ1) is 22.5. The van der Waals surface area contributed by atoms with Crippen molar-refractivity contribution in [1.29, 1.82) is 0 Å². The van der Waals surface area contributed by atoms with Crippen molar-refractivity contribution in [3.05, 3.63) is 84.4 Å². The molecule has 1 N–H and O–H groups in total. The number of ether oxygens (including phenoxy) is 3. The summed E-state index contributed by atoms with van der Waals surface area (Å²) in [6.45, 7) is 1.20. The van der Waals surface area contributed by atoms with Gasteiger partial charge in [-0.3, -0.25) is 9.78 Å². The summed E-state index contributed by atoms with van der Waals surface area (Å²) in [5.41, 5.74) is 1.09. The number of benzene rings is 2. The molecule has 4 rings (SSSR count). The number of nitrogens with zero attached hydrogens (tertiary/aromatic N) is 1. The molecule has 1 atom stereocenters. The lowest BCUT2D eigenvalue weighted by Crippen LogP contribution is -2.26. The number of aromatic nitrogens is 1. The number of hydrogen-bond donors (Lipinski definition) is 1. The molecule has 3 aromatic rings. The van der Waals surface area contributed by atoms with Crippen molar-refractivity contribution >= 4 is 17.7 Å². The summed E-state index contributed by atoms with van der Waals surface area (Å²) in [6.07, 6.45) is 9.25. The van der Waals surface area contributed by atoms with E-state index in [1.807, 2.05) is 12.1 Å². The highest BCUT2D eigenvalue weighted by molar-refractivity contribution is 6.02. The number of hydrogen-bond acceptors (Lipinski definition) is 5. The lowest BCUT2D eigenvalue weighted by molar-refractivity contribution is -0.111. The van der Waals surface area contributed by atoms with Crippen LogP contribution in [0.15, 0.2) is 73.1 Å². The van der Waals surface area contributed by atoms with E-state index in [1.165, 1.54) is 30.5 Å². The SMILES string of the molecule is O=C(/C=C/c1ccc(Oc2cccnc2)c(F)c1)Nc1ccccc1OCC1CCCCO1. The van der Waals surface area contributed by atoms with Gasteiger partial charge in [0.15, 0.2) is 11.6 Å². The number of halogens is 1. The molecule has 33 heavy (non-hydrogen) atoms. The Balaban J connectivity index is 1.35. The van der Waals surface area contributed by atoms with Crippen molar-refractivity contribution in [1.82, 2.24) is 4.98 Å². The van der Waals surface area contributed by atoms with Gasteiger partial charge in [0.25, 0.3) is 0 Å². The van der Waals surface area contributed by atoms with Crippen LogP contribution >= 0.6 is 0 Å². The lowest BCUT2D eigenvalue weighted by Gasteiger charge is -2.23. The second-order valence-corrected chi connectivity index (χ2v) is 7.60. The van der Waals surface area contributed by atoms with Gasteiger partial charge in [-0.1, -0.05) is 18.2 Å². The Morgan fingerprint density at radius 3 is 2.85 bits per heavy atom. The molecular weight excluding hydrogens is 423 g/mol. The molecule has 1 aromatic heterocycles. The number of rotatable bonds is 8. The first-order valence-electron chi connectivity index (χ1n) is 10.9. The van der Waals surface area contributed by atoms with Crippen molar-refractivity contribution in [2.45, 2.75) is 25.4 Å². The van der Waals surface area contributed by atoms with Gasteiger partial charge in [0, 0.05) is 18.9 Å². The molecule has 0 saturated carbocycles. The van der Waals surface area contributed by atoms with E-state index < -0.39 is 5.82 Å².